The lowest BCUT2D eigenvalue weighted by Crippen LogP contribution is -2.28. The van der Waals surface area contributed by atoms with Crippen molar-refractivity contribution in [2.75, 3.05) is 28.2 Å². The summed E-state index contributed by atoms with van der Waals surface area (Å²) < 4.78 is 51.8. The number of nitrogens with zero attached hydrogens (tertiary/aromatic N) is 4. The second-order valence-electron chi connectivity index (χ2n) is 19.4. The molecular weight excluding hydrogens is 989 g/mol. The molecule has 0 heterocycles. The van der Waals surface area contributed by atoms with Crippen LogP contribution in [0.25, 0.3) is 21.5 Å². The average Bonchev–Trinajstić information content (AvgIpc) is 4.04. The van der Waals surface area contributed by atoms with Gasteiger partial charge in [0, 0.05) is 13.1 Å². The van der Waals surface area contributed by atoms with Gasteiger partial charge in [0.15, 0.2) is 0 Å². The summed E-state index contributed by atoms with van der Waals surface area (Å²) in [6.45, 7) is 1.74. The van der Waals surface area contributed by atoms with E-state index in [0.29, 0.717) is 11.1 Å². The van der Waals surface area contributed by atoms with Gasteiger partial charge in [-0.1, -0.05) is 194 Å². The summed E-state index contributed by atoms with van der Waals surface area (Å²) in [6.07, 6.45) is 3.57. The largest absolute Gasteiger partial charge is 0.349 e. The van der Waals surface area contributed by atoms with Crippen LogP contribution in [0.15, 0.2) is 203 Å². The topological polar surface area (TPSA) is 158 Å². The Balaban J connectivity index is 0.000000162. The van der Waals surface area contributed by atoms with E-state index in [0.717, 1.165) is 49.9 Å². The van der Waals surface area contributed by atoms with Crippen molar-refractivity contribution in [3.05, 3.63) is 239 Å². The summed E-state index contributed by atoms with van der Waals surface area (Å²) in [4.78, 5) is 29.6. The number of carbonyl (C=O) groups is 2. The van der Waals surface area contributed by atoms with Crippen molar-refractivity contribution in [2.24, 2.45) is 8.73 Å². The van der Waals surface area contributed by atoms with Crippen molar-refractivity contribution < 1.29 is 26.4 Å². The Morgan fingerprint density at radius 3 is 1.04 bits per heavy atom. The maximum absolute atomic E-state index is 12.7. The monoisotopic (exact) mass is 1050 g/mol. The third-order valence-corrected chi connectivity index (χ3v) is 14.1. The minimum Gasteiger partial charge on any atom is -0.349 e. The first-order valence-electron chi connectivity index (χ1n) is 25.5. The lowest BCUT2D eigenvalue weighted by Gasteiger charge is -2.18. The Morgan fingerprint density at radius 1 is 0.447 bits per heavy atom. The first-order chi connectivity index (χ1) is 36.8. The molecule has 14 heteroatoms. The highest BCUT2D eigenvalue weighted by atomic mass is 32.2. The third-order valence-electron chi connectivity index (χ3n) is 13.2. The molecule has 4 unspecified atom stereocenters. The van der Waals surface area contributed by atoms with Crippen LogP contribution >= 0.6 is 0 Å². The highest BCUT2D eigenvalue weighted by Gasteiger charge is 2.29. The Labute approximate surface area is 450 Å². The van der Waals surface area contributed by atoms with Gasteiger partial charge in [0.2, 0.25) is 11.8 Å². The van der Waals surface area contributed by atoms with E-state index in [2.05, 4.69) is 150 Å². The second-order valence-corrected chi connectivity index (χ2v) is 20.7. The quantitative estimate of drug-likeness (QED) is 0.109. The molecule has 0 aliphatic heterocycles. The molecule has 0 aromatic heterocycles. The third kappa shape index (κ3) is 16.7. The number of hydrogen-bond acceptors (Lipinski definition) is 10. The van der Waals surface area contributed by atoms with Crippen LogP contribution < -0.4 is 10.6 Å². The maximum atomic E-state index is 12.7. The van der Waals surface area contributed by atoms with Crippen molar-refractivity contribution >= 4 is 54.4 Å². The van der Waals surface area contributed by atoms with Crippen molar-refractivity contribution in [3.8, 4) is 0 Å². The van der Waals surface area contributed by atoms with E-state index in [4.69, 9.17) is 0 Å². The molecule has 8 aromatic rings. The van der Waals surface area contributed by atoms with Gasteiger partial charge in [0.05, 0.1) is 24.9 Å². The molecule has 0 saturated heterocycles. The molecule has 4 atom stereocenters. The van der Waals surface area contributed by atoms with Gasteiger partial charge in [-0.3, -0.25) is 9.59 Å². The molecule has 0 spiro atoms. The molecule has 2 N–H and O–H groups in total. The van der Waals surface area contributed by atoms with Gasteiger partial charge in [0.25, 0.3) is 0 Å². The highest BCUT2D eigenvalue weighted by molar-refractivity contribution is 7.61. The molecule has 8 aromatic carbocycles. The zero-order chi connectivity index (χ0) is 53.8. The molecule has 2 amide bonds. The lowest BCUT2D eigenvalue weighted by atomic mass is 10.0. The van der Waals surface area contributed by atoms with Crippen LogP contribution in [0.5, 0.6) is 0 Å². The SMILES string of the molecule is CN(C)Cc1cccc2c1CCC2NC(=O)CC(N=S(=O)=O)c1ccccc1.CN(C)Cc1cccc2c1CCC2NC(=O)CC(N=S(=O)=O)c1ccccc1.c1ccc2ccccc2c1.c1ccc2ccccc2c1. The molecule has 392 valence electrons. The molecule has 10 rings (SSSR count). The Kier molecular flexibility index (Phi) is 20.9. The molecule has 76 heavy (non-hydrogen) atoms. The standard InChI is InChI=1S/2C21H25N3O3S.2C10H8/c2*1-24(2)14-16-9-6-10-18-17(16)11-12-19(18)22-21(25)13-20(23-28(26)27)15-7-4-3-5-8-15;2*1-2-6-10-8-4-3-7-9(10)5-1/h2*3-10,19-20H,11-14H2,1-2H3,(H,22,25);2*1-8H. The van der Waals surface area contributed by atoms with E-state index in [-0.39, 0.29) is 36.7 Å². The summed E-state index contributed by atoms with van der Waals surface area (Å²) in [5.41, 5.74) is 8.94. The minimum absolute atomic E-state index is 0.00121. The number of benzene rings is 8. The van der Waals surface area contributed by atoms with Gasteiger partial charge in [-0.25, -0.2) is 0 Å². The average molecular weight is 1060 g/mol. The van der Waals surface area contributed by atoms with Crippen molar-refractivity contribution in [1.82, 2.24) is 20.4 Å². The molecule has 12 nitrogen and oxygen atoms in total. The molecule has 2 aliphatic rings. The highest BCUT2D eigenvalue weighted by Crippen LogP contribution is 2.36. The normalized spacial score (nSPS) is 14.8. The molecule has 0 bridgehead atoms. The molecule has 2 aliphatic carbocycles. The number of hydrogen-bond donors (Lipinski definition) is 2. The van der Waals surface area contributed by atoms with Crippen LogP contribution in [0.3, 0.4) is 0 Å². The van der Waals surface area contributed by atoms with Crippen LogP contribution in [-0.2, 0) is 56.5 Å². The fraction of sp³-hybridized carbons (Fsp3) is 0.258. The van der Waals surface area contributed by atoms with E-state index < -0.39 is 33.1 Å². The van der Waals surface area contributed by atoms with Gasteiger partial charge in [-0.15, -0.1) is 0 Å². The van der Waals surface area contributed by atoms with Crippen LogP contribution in [0.2, 0.25) is 0 Å². The van der Waals surface area contributed by atoms with Crippen LogP contribution in [-0.4, -0.2) is 66.6 Å². The summed E-state index contributed by atoms with van der Waals surface area (Å²) in [5.74, 6) is -0.391. The fourth-order valence-electron chi connectivity index (χ4n) is 9.85. The van der Waals surface area contributed by atoms with Gasteiger partial charge in [-0.05, 0) is 120 Å². The fourth-order valence-corrected chi connectivity index (χ4v) is 10.7. The first-order valence-corrected chi connectivity index (χ1v) is 27.5. The summed E-state index contributed by atoms with van der Waals surface area (Å²) >= 11 is 0. The number of rotatable bonds is 14. The predicted octanol–water partition coefficient (Wildman–Crippen LogP) is 11.8. The smallest absolute Gasteiger partial charge is 0.311 e. The zero-order valence-corrected chi connectivity index (χ0v) is 45.1. The van der Waals surface area contributed by atoms with E-state index in [9.17, 15) is 26.4 Å². The Bertz CT molecular complexity index is 3120. The van der Waals surface area contributed by atoms with E-state index in [1.165, 1.54) is 43.8 Å². The minimum atomic E-state index is -2.57. The second kappa shape index (κ2) is 28.3. The zero-order valence-electron chi connectivity index (χ0n) is 43.5. The number of nitrogens with one attached hydrogen (secondary N) is 2. The Morgan fingerprint density at radius 2 is 0.750 bits per heavy atom. The van der Waals surface area contributed by atoms with Gasteiger partial charge in [0.1, 0.15) is 12.1 Å². The molecular formula is C62H66N6O6S2. The summed E-state index contributed by atoms with van der Waals surface area (Å²) in [5, 5.41) is 11.4. The summed E-state index contributed by atoms with van der Waals surface area (Å²) in [7, 11) is 3.03. The van der Waals surface area contributed by atoms with E-state index in [1.54, 1.807) is 24.3 Å². The lowest BCUT2D eigenvalue weighted by molar-refractivity contribution is -0.123. The first kappa shape index (κ1) is 56.1. The van der Waals surface area contributed by atoms with Crippen molar-refractivity contribution in [2.45, 2.75) is 75.8 Å². The van der Waals surface area contributed by atoms with Gasteiger partial charge < -0.3 is 20.4 Å². The number of fused-ring (bicyclic) bond motifs is 4. The number of amides is 2. The molecule has 0 saturated carbocycles. The van der Waals surface area contributed by atoms with Crippen molar-refractivity contribution in [1.29, 1.82) is 0 Å². The molecule has 0 fully saturated rings. The van der Waals surface area contributed by atoms with Crippen LogP contribution in [0, 0.1) is 0 Å². The van der Waals surface area contributed by atoms with E-state index >= 15 is 0 Å². The van der Waals surface area contributed by atoms with Crippen LogP contribution in [0.4, 0.5) is 0 Å². The van der Waals surface area contributed by atoms with Crippen molar-refractivity contribution in [3.63, 3.8) is 0 Å². The van der Waals surface area contributed by atoms with Gasteiger partial charge >= 0.3 is 21.0 Å². The predicted molar refractivity (Wildman–Crippen MR) is 304 cm³/mol. The van der Waals surface area contributed by atoms with E-state index in [1.807, 2.05) is 76.7 Å². The Hall–Kier alpha value is -7.62. The molecule has 0 radical (unpaired) electrons. The maximum Gasteiger partial charge on any atom is 0.311 e. The van der Waals surface area contributed by atoms with Crippen LogP contribution in [0.1, 0.15) is 94.4 Å². The van der Waals surface area contributed by atoms with Gasteiger partial charge in [-0.2, -0.15) is 25.6 Å². The summed E-state index contributed by atoms with van der Waals surface area (Å²) in [6, 6.07) is 62.5. The number of carbonyl (C=O) groups excluding carboxylic acids is 2.